The molecule has 1 N–H and O–H groups in total. The van der Waals surface area contributed by atoms with E-state index in [4.69, 9.17) is 0 Å². The van der Waals surface area contributed by atoms with Crippen LogP contribution in [0.25, 0.3) is 0 Å². The van der Waals surface area contributed by atoms with Crippen molar-refractivity contribution in [2.45, 2.75) is 84.2 Å². The molecular weight excluding hydrogens is 328 g/mol. The molecule has 3 rings (SSSR count). The highest BCUT2D eigenvalue weighted by Crippen LogP contribution is 2.24. The number of imidazole rings is 1. The van der Waals surface area contributed by atoms with Crippen LogP contribution in [0.3, 0.4) is 0 Å². The van der Waals surface area contributed by atoms with Gasteiger partial charge in [0.2, 0.25) is 0 Å². The maximum Gasteiger partial charge on any atom is 0.289 e. The average Bonchev–Trinajstić information content (AvgIpc) is 3.28. The third kappa shape index (κ3) is 3.94. The van der Waals surface area contributed by atoms with Gasteiger partial charge in [-0.3, -0.25) is 9.59 Å². The van der Waals surface area contributed by atoms with Crippen molar-refractivity contribution in [2.75, 3.05) is 13.1 Å². The zero-order valence-electron chi connectivity index (χ0n) is 16.2. The van der Waals surface area contributed by atoms with E-state index < -0.39 is 0 Å². The number of amides is 2. The number of carbonyl (C=O) groups excluding carboxylic acids is 2. The van der Waals surface area contributed by atoms with Crippen LogP contribution in [0.4, 0.5) is 0 Å². The summed E-state index contributed by atoms with van der Waals surface area (Å²) in [7, 11) is 0. The lowest BCUT2D eigenvalue weighted by Gasteiger charge is -2.23. The summed E-state index contributed by atoms with van der Waals surface area (Å²) in [4.78, 5) is 32.4. The Morgan fingerprint density at radius 2 is 1.81 bits per heavy atom. The molecule has 0 unspecified atom stereocenters. The molecule has 1 aliphatic heterocycles. The smallest absolute Gasteiger partial charge is 0.289 e. The maximum absolute atomic E-state index is 13.1. The molecule has 2 heterocycles. The predicted octanol–water partition coefficient (Wildman–Crippen LogP) is 3.15. The van der Waals surface area contributed by atoms with Gasteiger partial charge in [-0.05, 0) is 44.9 Å². The number of hydrogen-bond donors (Lipinski definition) is 1. The Morgan fingerprint density at radius 1 is 1.12 bits per heavy atom. The standard InChI is InChI=1S/C20H32N4O2/c1-3-12-23(13-4-2)20(26)18-22-17(16-11-7-8-14-24(16)18)19(25)21-15-9-5-6-10-15/h15H,3-14H2,1-2H3,(H,21,25). The summed E-state index contributed by atoms with van der Waals surface area (Å²) in [6.07, 6.45) is 9.23. The molecule has 0 bridgehead atoms. The van der Waals surface area contributed by atoms with Crippen molar-refractivity contribution < 1.29 is 9.59 Å². The van der Waals surface area contributed by atoms with Crippen LogP contribution in [0.15, 0.2) is 0 Å². The average molecular weight is 361 g/mol. The van der Waals surface area contributed by atoms with Crippen LogP contribution in [0.1, 0.15) is 92.0 Å². The molecule has 1 aromatic rings. The van der Waals surface area contributed by atoms with E-state index in [1.54, 1.807) is 0 Å². The molecule has 0 spiro atoms. The highest BCUT2D eigenvalue weighted by molar-refractivity contribution is 5.97. The highest BCUT2D eigenvalue weighted by Gasteiger charge is 2.30. The van der Waals surface area contributed by atoms with Crippen molar-refractivity contribution in [1.82, 2.24) is 19.8 Å². The minimum Gasteiger partial charge on any atom is -0.348 e. The van der Waals surface area contributed by atoms with Gasteiger partial charge in [-0.15, -0.1) is 0 Å². The summed E-state index contributed by atoms with van der Waals surface area (Å²) < 4.78 is 2.01. The topological polar surface area (TPSA) is 67.2 Å². The molecule has 1 aliphatic carbocycles. The van der Waals surface area contributed by atoms with Gasteiger partial charge in [-0.1, -0.05) is 26.7 Å². The molecule has 26 heavy (non-hydrogen) atoms. The molecule has 2 aliphatic rings. The third-order valence-electron chi connectivity index (χ3n) is 5.49. The molecule has 0 aromatic carbocycles. The fourth-order valence-electron chi connectivity index (χ4n) is 4.21. The minimum atomic E-state index is -0.0980. The van der Waals surface area contributed by atoms with E-state index in [-0.39, 0.29) is 17.9 Å². The van der Waals surface area contributed by atoms with Crippen molar-refractivity contribution in [1.29, 1.82) is 0 Å². The molecule has 6 heteroatoms. The zero-order valence-corrected chi connectivity index (χ0v) is 16.2. The Labute approximate surface area is 156 Å². The monoisotopic (exact) mass is 360 g/mol. The number of carbonyl (C=O) groups is 2. The summed E-state index contributed by atoms with van der Waals surface area (Å²) in [5.74, 6) is 0.328. The molecule has 1 fully saturated rings. The molecule has 1 aromatic heterocycles. The Balaban J connectivity index is 1.87. The van der Waals surface area contributed by atoms with Gasteiger partial charge in [0.1, 0.15) is 5.69 Å². The summed E-state index contributed by atoms with van der Waals surface area (Å²) in [5.41, 5.74) is 1.43. The Morgan fingerprint density at radius 3 is 2.46 bits per heavy atom. The number of fused-ring (bicyclic) bond motifs is 1. The van der Waals surface area contributed by atoms with Crippen molar-refractivity contribution in [3.8, 4) is 0 Å². The molecule has 0 radical (unpaired) electrons. The second kappa shape index (κ2) is 8.69. The Bertz CT molecular complexity index is 640. The second-order valence-electron chi connectivity index (χ2n) is 7.59. The van der Waals surface area contributed by atoms with E-state index in [9.17, 15) is 9.59 Å². The second-order valence-corrected chi connectivity index (χ2v) is 7.59. The quantitative estimate of drug-likeness (QED) is 0.812. The normalized spacial score (nSPS) is 17.2. The molecule has 1 saturated carbocycles. The van der Waals surface area contributed by atoms with E-state index in [1.165, 1.54) is 12.8 Å². The van der Waals surface area contributed by atoms with Gasteiger partial charge in [-0.2, -0.15) is 0 Å². The van der Waals surface area contributed by atoms with Crippen LogP contribution < -0.4 is 5.32 Å². The van der Waals surface area contributed by atoms with Gasteiger partial charge in [-0.25, -0.2) is 4.98 Å². The van der Waals surface area contributed by atoms with E-state index in [1.807, 2.05) is 9.47 Å². The molecule has 0 saturated heterocycles. The van der Waals surface area contributed by atoms with Gasteiger partial charge in [0.15, 0.2) is 5.82 Å². The largest absolute Gasteiger partial charge is 0.348 e. The Kier molecular flexibility index (Phi) is 6.33. The third-order valence-corrected chi connectivity index (χ3v) is 5.49. The predicted molar refractivity (Wildman–Crippen MR) is 101 cm³/mol. The van der Waals surface area contributed by atoms with Gasteiger partial charge in [0.25, 0.3) is 11.8 Å². The highest BCUT2D eigenvalue weighted by atomic mass is 16.2. The molecule has 0 atom stereocenters. The van der Waals surface area contributed by atoms with Gasteiger partial charge < -0.3 is 14.8 Å². The van der Waals surface area contributed by atoms with E-state index >= 15 is 0 Å². The van der Waals surface area contributed by atoms with Crippen LogP contribution in [0, 0.1) is 0 Å². The number of rotatable bonds is 7. The van der Waals surface area contributed by atoms with E-state index in [0.29, 0.717) is 11.5 Å². The summed E-state index contributed by atoms with van der Waals surface area (Å²) in [6, 6.07) is 0.263. The Hall–Kier alpha value is -1.85. The fourth-order valence-corrected chi connectivity index (χ4v) is 4.21. The first-order valence-corrected chi connectivity index (χ1v) is 10.3. The number of aromatic nitrogens is 2. The minimum absolute atomic E-state index is 0.0308. The number of nitrogens with one attached hydrogen (secondary N) is 1. The first-order valence-electron chi connectivity index (χ1n) is 10.3. The SMILES string of the molecule is CCCN(CCC)C(=O)c1nc(C(=O)NC2CCCC2)c2n1CCCC2. The molecular formula is C20H32N4O2. The first kappa shape index (κ1) is 18.9. The molecule has 2 amide bonds. The van der Waals surface area contributed by atoms with Crippen molar-refractivity contribution in [2.24, 2.45) is 0 Å². The van der Waals surface area contributed by atoms with Crippen LogP contribution >= 0.6 is 0 Å². The van der Waals surface area contributed by atoms with Gasteiger partial charge in [0, 0.05) is 25.7 Å². The van der Waals surface area contributed by atoms with Crippen LogP contribution in [0.2, 0.25) is 0 Å². The lowest BCUT2D eigenvalue weighted by molar-refractivity contribution is 0.0737. The lowest BCUT2D eigenvalue weighted by Crippen LogP contribution is -2.35. The van der Waals surface area contributed by atoms with Gasteiger partial charge in [0.05, 0.1) is 5.69 Å². The van der Waals surface area contributed by atoms with Crippen molar-refractivity contribution in [3.05, 3.63) is 17.2 Å². The molecule has 144 valence electrons. The maximum atomic E-state index is 13.1. The summed E-state index contributed by atoms with van der Waals surface area (Å²) >= 11 is 0. The fraction of sp³-hybridized carbons (Fsp3) is 0.750. The van der Waals surface area contributed by atoms with Crippen LogP contribution in [-0.2, 0) is 13.0 Å². The molecule has 6 nitrogen and oxygen atoms in total. The van der Waals surface area contributed by atoms with E-state index in [2.05, 4.69) is 24.1 Å². The summed E-state index contributed by atoms with van der Waals surface area (Å²) in [6.45, 7) is 6.41. The first-order chi connectivity index (χ1) is 12.7. The van der Waals surface area contributed by atoms with Gasteiger partial charge >= 0.3 is 0 Å². The number of hydrogen-bond acceptors (Lipinski definition) is 3. The lowest BCUT2D eigenvalue weighted by atomic mass is 10.1. The summed E-state index contributed by atoms with van der Waals surface area (Å²) in [5, 5.41) is 3.14. The number of nitrogens with zero attached hydrogens (tertiary/aromatic N) is 3. The van der Waals surface area contributed by atoms with Crippen LogP contribution in [-0.4, -0.2) is 45.4 Å². The zero-order chi connectivity index (χ0) is 18.5. The van der Waals surface area contributed by atoms with Crippen LogP contribution in [0.5, 0.6) is 0 Å². The van der Waals surface area contributed by atoms with Crippen molar-refractivity contribution in [3.63, 3.8) is 0 Å². The van der Waals surface area contributed by atoms with Crippen molar-refractivity contribution >= 4 is 11.8 Å². The van der Waals surface area contributed by atoms with E-state index in [0.717, 1.165) is 70.3 Å².